The van der Waals surface area contributed by atoms with Crippen molar-refractivity contribution >= 4 is 29.4 Å². The lowest BCUT2D eigenvalue weighted by molar-refractivity contribution is -0.124. The second-order valence-corrected chi connectivity index (χ2v) is 6.00. The average molecular weight is 336 g/mol. The van der Waals surface area contributed by atoms with E-state index in [4.69, 9.17) is 0 Å². The average Bonchev–Trinajstić information content (AvgIpc) is 2.92. The molecule has 0 aliphatic carbocycles. The number of thioether (sulfide) groups is 1. The molecule has 0 unspecified atom stereocenters. The summed E-state index contributed by atoms with van der Waals surface area (Å²) in [4.78, 5) is 31.7. The fourth-order valence-corrected chi connectivity index (χ4v) is 2.54. The number of fused-ring (bicyclic) bond motifs is 1. The zero-order valence-electron chi connectivity index (χ0n) is 13.4. The van der Waals surface area contributed by atoms with Gasteiger partial charge in [-0.1, -0.05) is 18.7 Å². The van der Waals surface area contributed by atoms with Crippen molar-refractivity contribution in [2.24, 2.45) is 0 Å². The van der Waals surface area contributed by atoms with Crippen LogP contribution in [0.2, 0.25) is 0 Å². The number of carbonyl (C=O) groups excluding carboxylic acids is 2. The second kappa shape index (κ2) is 7.91. The molecule has 2 aromatic heterocycles. The molecule has 0 radical (unpaired) electrons. The molecule has 2 rings (SSSR count). The van der Waals surface area contributed by atoms with Crippen molar-refractivity contribution in [2.45, 2.75) is 32.3 Å². The highest BCUT2D eigenvalue weighted by atomic mass is 32.2. The number of hydrogen-bond acceptors (Lipinski definition) is 6. The maximum absolute atomic E-state index is 11.7. The molecule has 2 N–H and O–H groups in total. The van der Waals surface area contributed by atoms with Gasteiger partial charge in [0.15, 0.2) is 0 Å². The maximum Gasteiger partial charge on any atom is 0.253 e. The van der Waals surface area contributed by atoms with Gasteiger partial charge >= 0.3 is 0 Å². The van der Waals surface area contributed by atoms with E-state index in [0.717, 1.165) is 17.8 Å². The van der Waals surface area contributed by atoms with Crippen LogP contribution in [0.25, 0.3) is 5.78 Å². The normalized spacial score (nSPS) is 10.7. The Morgan fingerprint density at radius 1 is 1.22 bits per heavy atom. The summed E-state index contributed by atoms with van der Waals surface area (Å²) in [6.45, 7) is 6.38. The lowest BCUT2D eigenvalue weighted by Gasteiger charge is -2.04. The van der Waals surface area contributed by atoms with Gasteiger partial charge in [0.1, 0.15) is 0 Å². The quantitative estimate of drug-likeness (QED) is 0.713. The Kier molecular flexibility index (Phi) is 5.91. The van der Waals surface area contributed by atoms with Gasteiger partial charge in [0.05, 0.1) is 12.3 Å². The fraction of sp³-hybridized carbons (Fsp3) is 0.500. The van der Waals surface area contributed by atoms with Gasteiger partial charge in [-0.25, -0.2) is 9.50 Å². The molecule has 0 saturated heterocycles. The molecule has 0 bridgehead atoms. The van der Waals surface area contributed by atoms with Crippen LogP contribution in [0.5, 0.6) is 0 Å². The molecule has 9 heteroatoms. The molecule has 23 heavy (non-hydrogen) atoms. The Morgan fingerprint density at radius 3 is 2.74 bits per heavy atom. The van der Waals surface area contributed by atoms with Gasteiger partial charge in [-0.05, 0) is 26.3 Å². The Hall–Kier alpha value is -2.16. The van der Waals surface area contributed by atoms with Crippen LogP contribution >= 0.6 is 11.8 Å². The zero-order chi connectivity index (χ0) is 16.8. The van der Waals surface area contributed by atoms with E-state index < -0.39 is 0 Å². The van der Waals surface area contributed by atoms with Crippen LogP contribution < -0.4 is 10.6 Å². The summed E-state index contributed by atoms with van der Waals surface area (Å²) >= 11 is 1.21. The van der Waals surface area contributed by atoms with Crippen LogP contribution in [-0.4, -0.2) is 50.2 Å². The molecular weight excluding hydrogens is 316 g/mol. The summed E-state index contributed by atoms with van der Waals surface area (Å²) < 4.78 is 1.64. The zero-order valence-corrected chi connectivity index (χ0v) is 14.2. The van der Waals surface area contributed by atoms with Crippen molar-refractivity contribution in [3.8, 4) is 0 Å². The van der Waals surface area contributed by atoms with Crippen molar-refractivity contribution in [2.75, 3.05) is 18.8 Å². The molecule has 8 nitrogen and oxygen atoms in total. The minimum Gasteiger partial charge on any atom is -0.355 e. The van der Waals surface area contributed by atoms with Crippen molar-refractivity contribution in [1.82, 2.24) is 30.2 Å². The van der Waals surface area contributed by atoms with E-state index in [2.05, 4.69) is 25.7 Å². The van der Waals surface area contributed by atoms with Gasteiger partial charge in [-0.3, -0.25) is 9.59 Å². The van der Waals surface area contributed by atoms with Crippen LogP contribution in [0.15, 0.2) is 11.2 Å². The van der Waals surface area contributed by atoms with E-state index in [9.17, 15) is 9.59 Å². The standard InChI is InChI=1S/C14H20N6O2S/c1-4-5-15-11(21)7-16-12(22)8-23-14-18-13-17-9(2)6-10(3)20(13)19-14/h6H,4-5,7-8H2,1-3H3,(H,15,21)(H,16,22). The molecule has 0 aromatic carbocycles. The van der Waals surface area contributed by atoms with Crippen LogP contribution in [0.3, 0.4) is 0 Å². The van der Waals surface area contributed by atoms with E-state index in [1.807, 2.05) is 26.8 Å². The van der Waals surface area contributed by atoms with Crippen LogP contribution in [0.4, 0.5) is 0 Å². The second-order valence-electron chi connectivity index (χ2n) is 5.06. The lowest BCUT2D eigenvalue weighted by Crippen LogP contribution is -2.37. The smallest absolute Gasteiger partial charge is 0.253 e. The first-order valence-electron chi connectivity index (χ1n) is 7.36. The molecular formula is C14H20N6O2S. The van der Waals surface area contributed by atoms with E-state index >= 15 is 0 Å². The molecule has 0 saturated carbocycles. The Balaban J connectivity index is 1.85. The van der Waals surface area contributed by atoms with Gasteiger partial charge in [-0.15, -0.1) is 5.10 Å². The third-order valence-corrected chi connectivity index (χ3v) is 3.79. The van der Waals surface area contributed by atoms with E-state index in [1.165, 1.54) is 11.8 Å². The number of aromatic nitrogens is 4. The molecule has 0 atom stereocenters. The van der Waals surface area contributed by atoms with E-state index in [1.54, 1.807) is 4.52 Å². The van der Waals surface area contributed by atoms with Crippen molar-refractivity contribution in [1.29, 1.82) is 0 Å². The number of nitrogens with one attached hydrogen (secondary N) is 2. The first kappa shape index (κ1) is 17.2. The highest BCUT2D eigenvalue weighted by molar-refractivity contribution is 7.99. The third kappa shape index (κ3) is 4.92. The Bertz CT molecular complexity index is 715. The predicted octanol–water partition coefficient (Wildman–Crippen LogP) is 0.476. The molecule has 0 fully saturated rings. The molecule has 0 aliphatic heterocycles. The van der Waals surface area contributed by atoms with Crippen LogP contribution in [0, 0.1) is 13.8 Å². The van der Waals surface area contributed by atoms with E-state index in [0.29, 0.717) is 17.5 Å². The number of aryl methyl sites for hydroxylation is 2. The lowest BCUT2D eigenvalue weighted by atomic mass is 10.4. The van der Waals surface area contributed by atoms with Gasteiger partial charge in [0.2, 0.25) is 17.0 Å². The SMILES string of the molecule is CCCNC(=O)CNC(=O)CSc1nc2nc(C)cc(C)n2n1. The van der Waals surface area contributed by atoms with Crippen molar-refractivity contribution in [3.05, 3.63) is 17.5 Å². The number of carbonyl (C=O) groups is 2. The Labute approximate surface area is 138 Å². The molecule has 0 aliphatic rings. The molecule has 124 valence electrons. The van der Waals surface area contributed by atoms with E-state index in [-0.39, 0.29) is 24.1 Å². The molecule has 0 spiro atoms. The van der Waals surface area contributed by atoms with Crippen molar-refractivity contribution in [3.63, 3.8) is 0 Å². The monoisotopic (exact) mass is 336 g/mol. The summed E-state index contributed by atoms with van der Waals surface area (Å²) in [6, 6.07) is 1.91. The summed E-state index contributed by atoms with van der Waals surface area (Å²) in [6.07, 6.45) is 0.863. The van der Waals surface area contributed by atoms with Gasteiger partial charge in [-0.2, -0.15) is 4.98 Å². The topological polar surface area (TPSA) is 101 Å². The largest absolute Gasteiger partial charge is 0.355 e. The molecule has 2 heterocycles. The first-order valence-corrected chi connectivity index (χ1v) is 8.35. The number of hydrogen-bond donors (Lipinski definition) is 2. The summed E-state index contributed by atoms with van der Waals surface area (Å²) in [5, 5.41) is 10.1. The molecule has 2 aromatic rings. The summed E-state index contributed by atoms with van der Waals surface area (Å²) in [5.41, 5.74) is 1.80. The molecule has 2 amide bonds. The van der Waals surface area contributed by atoms with Gasteiger partial charge in [0, 0.05) is 17.9 Å². The minimum atomic E-state index is -0.235. The number of amides is 2. The maximum atomic E-state index is 11.7. The highest BCUT2D eigenvalue weighted by Crippen LogP contribution is 2.14. The minimum absolute atomic E-state index is 0.0160. The van der Waals surface area contributed by atoms with Gasteiger partial charge in [0.25, 0.3) is 5.78 Å². The first-order chi connectivity index (χ1) is 11.0. The predicted molar refractivity (Wildman–Crippen MR) is 87.3 cm³/mol. The summed E-state index contributed by atoms with van der Waals surface area (Å²) in [7, 11) is 0. The fourth-order valence-electron chi connectivity index (χ4n) is 1.90. The Morgan fingerprint density at radius 2 is 2.00 bits per heavy atom. The van der Waals surface area contributed by atoms with Crippen molar-refractivity contribution < 1.29 is 9.59 Å². The van der Waals surface area contributed by atoms with Crippen LogP contribution in [0.1, 0.15) is 24.7 Å². The number of nitrogens with zero attached hydrogens (tertiary/aromatic N) is 4. The van der Waals surface area contributed by atoms with Crippen LogP contribution in [-0.2, 0) is 9.59 Å². The summed E-state index contributed by atoms with van der Waals surface area (Å²) in [5.74, 6) is 0.243. The number of rotatable bonds is 7. The third-order valence-electron chi connectivity index (χ3n) is 2.95. The van der Waals surface area contributed by atoms with Gasteiger partial charge < -0.3 is 10.6 Å². The highest BCUT2D eigenvalue weighted by Gasteiger charge is 2.11.